The predicted octanol–water partition coefficient (Wildman–Crippen LogP) is 1.86. The zero-order valence-electron chi connectivity index (χ0n) is 11.8. The molecule has 0 spiro atoms. The third-order valence-corrected chi connectivity index (χ3v) is 4.27. The van der Waals surface area contributed by atoms with Crippen molar-refractivity contribution in [1.82, 2.24) is 10.2 Å². The molecule has 0 radical (unpaired) electrons. The monoisotopic (exact) mass is 369 g/mol. The fraction of sp³-hybridized carbons (Fsp3) is 0.467. The van der Waals surface area contributed by atoms with Gasteiger partial charge in [-0.25, -0.2) is 0 Å². The lowest BCUT2D eigenvalue weighted by molar-refractivity contribution is -0.121. The second-order valence-electron chi connectivity index (χ2n) is 5.39. The van der Waals surface area contributed by atoms with Crippen LogP contribution in [-0.2, 0) is 11.2 Å². The van der Waals surface area contributed by atoms with Gasteiger partial charge in [0.2, 0.25) is 5.91 Å². The summed E-state index contributed by atoms with van der Waals surface area (Å²) in [7, 11) is 0. The van der Waals surface area contributed by atoms with Crippen LogP contribution in [-0.4, -0.2) is 41.5 Å². The molecule has 1 aromatic carbocycles. The van der Waals surface area contributed by atoms with E-state index >= 15 is 0 Å². The van der Waals surface area contributed by atoms with E-state index in [2.05, 4.69) is 26.1 Å². The van der Waals surface area contributed by atoms with Crippen LogP contribution in [0.2, 0.25) is 0 Å². The number of likely N-dealkylation sites (tertiary alicyclic amines) is 1. The molecular formula is C15H20BrN3OS. The van der Waals surface area contributed by atoms with Gasteiger partial charge in [-0.1, -0.05) is 40.3 Å². The average Bonchev–Trinajstić information content (AvgIpc) is 2.43. The lowest BCUT2D eigenvalue weighted by atomic mass is 10.0. The van der Waals surface area contributed by atoms with E-state index in [9.17, 15) is 4.79 Å². The van der Waals surface area contributed by atoms with Gasteiger partial charge in [0.15, 0.2) is 0 Å². The van der Waals surface area contributed by atoms with Crippen LogP contribution in [0, 0.1) is 0 Å². The Morgan fingerprint density at radius 1 is 1.33 bits per heavy atom. The molecule has 1 amide bonds. The molecule has 1 heterocycles. The highest BCUT2D eigenvalue weighted by molar-refractivity contribution is 9.10. The second kappa shape index (κ2) is 7.87. The molecule has 0 saturated carbocycles. The zero-order valence-corrected chi connectivity index (χ0v) is 14.3. The minimum atomic E-state index is 0.0881. The maximum Gasteiger partial charge on any atom is 0.224 e. The summed E-state index contributed by atoms with van der Waals surface area (Å²) in [5, 5.41) is 3.11. The van der Waals surface area contributed by atoms with Crippen molar-refractivity contribution in [1.29, 1.82) is 0 Å². The smallest absolute Gasteiger partial charge is 0.224 e. The molecule has 3 N–H and O–H groups in total. The van der Waals surface area contributed by atoms with Crippen LogP contribution < -0.4 is 11.1 Å². The van der Waals surface area contributed by atoms with Crippen LogP contribution in [0.1, 0.15) is 18.4 Å². The summed E-state index contributed by atoms with van der Waals surface area (Å²) in [6.07, 6.45) is 2.34. The molecule has 0 bridgehead atoms. The van der Waals surface area contributed by atoms with Crippen molar-refractivity contribution < 1.29 is 4.79 Å². The van der Waals surface area contributed by atoms with E-state index in [1.807, 2.05) is 24.3 Å². The summed E-state index contributed by atoms with van der Waals surface area (Å²) in [6, 6.07) is 8.10. The molecule has 6 heteroatoms. The van der Waals surface area contributed by atoms with Gasteiger partial charge in [-0.05, 0) is 30.5 Å². The molecule has 0 unspecified atom stereocenters. The number of halogens is 1. The first-order chi connectivity index (χ1) is 10.0. The van der Waals surface area contributed by atoms with Crippen molar-refractivity contribution in [2.75, 3.05) is 19.6 Å². The highest BCUT2D eigenvalue weighted by Crippen LogP contribution is 2.12. The van der Waals surface area contributed by atoms with Crippen LogP contribution in [0.5, 0.6) is 0 Å². The number of piperidine rings is 1. The standard InChI is InChI=1S/C15H20BrN3OS/c16-12-3-1-11(2-4-12)9-15(20)18-13-5-7-19(8-6-13)10-14(17)21/h1-4,13H,5-10H2,(H2,17,21)(H,18,20). The van der Waals surface area contributed by atoms with Gasteiger partial charge >= 0.3 is 0 Å². The molecule has 1 aliphatic heterocycles. The van der Waals surface area contributed by atoms with Gasteiger partial charge in [-0.15, -0.1) is 0 Å². The Kier molecular flexibility index (Phi) is 6.14. The van der Waals surface area contributed by atoms with Gasteiger partial charge in [0.25, 0.3) is 0 Å². The number of hydrogen-bond donors (Lipinski definition) is 2. The number of nitrogens with two attached hydrogens (primary N) is 1. The van der Waals surface area contributed by atoms with E-state index in [0.717, 1.165) is 36.0 Å². The molecule has 1 fully saturated rings. The van der Waals surface area contributed by atoms with Crippen molar-refractivity contribution >= 4 is 39.0 Å². The van der Waals surface area contributed by atoms with Gasteiger partial charge in [0, 0.05) is 30.1 Å². The predicted molar refractivity (Wildman–Crippen MR) is 92.2 cm³/mol. The minimum absolute atomic E-state index is 0.0881. The first kappa shape index (κ1) is 16.4. The summed E-state index contributed by atoms with van der Waals surface area (Å²) in [4.78, 5) is 14.8. The molecule has 1 aromatic rings. The van der Waals surface area contributed by atoms with E-state index in [-0.39, 0.29) is 11.9 Å². The number of nitrogens with one attached hydrogen (secondary N) is 1. The maximum atomic E-state index is 12.0. The van der Waals surface area contributed by atoms with Crippen molar-refractivity contribution in [3.63, 3.8) is 0 Å². The summed E-state index contributed by atoms with van der Waals surface area (Å²) in [6.45, 7) is 2.54. The van der Waals surface area contributed by atoms with Gasteiger partial charge in [0.1, 0.15) is 0 Å². The third-order valence-electron chi connectivity index (χ3n) is 3.61. The van der Waals surface area contributed by atoms with Gasteiger partial charge in [-0.3, -0.25) is 9.69 Å². The highest BCUT2D eigenvalue weighted by Gasteiger charge is 2.20. The van der Waals surface area contributed by atoms with Gasteiger partial charge < -0.3 is 11.1 Å². The maximum absolute atomic E-state index is 12.0. The van der Waals surface area contributed by atoms with Crippen molar-refractivity contribution in [2.24, 2.45) is 5.73 Å². The topological polar surface area (TPSA) is 58.4 Å². The third kappa shape index (κ3) is 5.73. The molecule has 21 heavy (non-hydrogen) atoms. The lowest BCUT2D eigenvalue weighted by Crippen LogP contribution is -2.46. The number of amides is 1. The van der Waals surface area contributed by atoms with Crippen molar-refractivity contribution in [3.8, 4) is 0 Å². The van der Waals surface area contributed by atoms with Crippen LogP contribution in [0.4, 0.5) is 0 Å². The van der Waals surface area contributed by atoms with Crippen LogP contribution in [0.15, 0.2) is 28.7 Å². The molecule has 0 aromatic heterocycles. The first-order valence-corrected chi connectivity index (χ1v) is 8.27. The summed E-state index contributed by atoms with van der Waals surface area (Å²) in [5.74, 6) is 0.0881. The Labute approximate surface area is 139 Å². The number of rotatable bonds is 5. The average molecular weight is 370 g/mol. The van der Waals surface area contributed by atoms with E-state index in [1.54, 1.807) is 0 Å². The molecule has 0 aliphatic carbocycles. The lowest BCUT2D eigenvalue weighted by Gasteiger charge is -2.32. The van der Waals surface area contributed by atoms with E-state index in [0.29, 0.717) is 18.0 Å². The SMILES string of the molecule is NC(=S)CN1CCC(NC(=O)Cc2ccc(Br)cc2)CC1. The Hall–Kier alpha value is -0.980. The molecule has 1 aliphatic rings. The normalized spacial score (nSPS) is 16.6. The number of carbonyl (C=O) groups excluding carboxylic acids is 1. The van der Waals surface area contributed by atoms with Gasteiger partial charge in [-0.2, -0.15) is 0 Å². The molecule has 4 nitrogen and oxygen atoms in total. The van der Waals surface area contributed by atoms with E-state index < -0.39 is 0 Å². The van der Waals surface area contributed by atoms with Crippen LogP contribution in [0.25, 0.3) is 0 Å². The Balaban J connectivity index is 1.74. The van der Waals surface area contributed by atoms with Crippen molar-refractivity contribution in [3.05, 3.63) is 34.3 Å². The number of thiocarbonyl (C=S) groups is 1. The van der Waals surface area contributed by atoms with Crippen LogP contribution >= 0.6 is 28.1 Å². The number of carbonyl (C=O) groups is 1. The molecular weight excluding hydrogens is 350 g/mol. The fourth-order valence-corrected chi connectivity index (χ4v) is 2.97. The van der Waals surface area contributed by atoms with Gasteiger partial charge in [0.05, 0.1) is 11.4 Å². The minimum Gasteiger partial charge on any atom is -0.392 e. The molecule has 1 saturated heterocycles. The Bertz CT molecular complexity index is 498. The highest BCUT2D eigenvalue weighted by atomic mass is 79.9. The second-order valence-corrected chi connectivity index (χ2v) is 6.83. The van der Waals surface area contributed by atoms with Crippen LogP contribution in [0.3, 0.4) is 0 Å². The van der Waals surface area contributed by atoms with Crippen molar-refractivity contribution in [2.45, 2.75) is 25.3 Å². The summed E-state index contributed by atoms with van der Waals surface area (Å²) in [5.41, 5.74) is 6.58. The summed E-state index contributed by atoms with van der Waals surface area (Å²) >= 11 is 8.31. The zero-order chi connectivity index (χ0) is 15.2. The number of hydrogen-bond acceptors (Lipinski definition) is 3. The quantitative estimate of drug-likeness (QED) is 0.777. The molecule has 0 atom stereocenters. The summed E-state index contributed by atoms with van der Waals surface area (Å²) < 4.78 is 1.02. The van der Waals surface area contributed by atoms with E-state index in [4.69, 9.17) is 18.0 Å². The fourth-order valence-electron chi connectivity index (χ4n) is 2.52. The first-order valence-electron chi connectivity index (χ1n) is 7.07. The molecule has 2 rings (SSSR count). The Morgan fingerprint density at radius 2 is 1.95 bits per heavy atom. The number of nitrogens with zero attached hydrogens (tertiary/aromatic N) is 1. The number of benzene rings is 1. The molecule has 114 valence electrons. The largest absolute Gasteiger partial charge is 0.392 e. The Morgan fingerprint density at radius 3 is 2.52 bits per heavy atom. The van der Waals surface area contributed by atoms with E-state index in [1.165, 1.54) is 0 Å².